The van der Waals surface area contributed by atoms with Crippen LogP contribution in [0.1, 0.15) is 6.42 Å². The van der Waals surface area contributed by atoms with Gasteiger partial charge in [-0.25, -0.2) is 0 Å². The lowest BCUT2D eigenvalue weighted by Gasteiger charge is -1.72. The minimum atomic E-state index is 0.824. The standard InChI is InChI=1S/C5H7Br/c1-4-2-5(4)3-6/h5H,1-3H2/t5-/m1/s1. The summed E-state index contributed by atoms with van der Waals surface area (Å²) in [4.78, 5) is 0. The maximum absolute atomic E-state index is 3.79. The lowest BCUT2D eigenvalue weighted by atomic mass is 10.5. The fourth-order valence-corrected chi connectivity index (χ4v) is 1.11. The molecule has 0 heterocycles. The SMILES string of the molecule is C=C1C[C@@H]1CBr. The molecule has 1 heteroatoms. The summed E-state index contributed by atoms with van der Waals surface area (Å²) < 4.78 is 0. The highest BCUT2D eigenvalue weighted by Gasteiger charge is 2.24. The number of allylic oxidation sites excluding steroid dienone is 1. The summed E-state index contributed by atoms with van der Waals surface area (Å²) in [6.07, 6.45) is 1.26. The Hall–Kier alpha value is 0.220. The quantitative estimate of drug-likeness (QED) is 0.392. The van der Waals surface area contributed by atoms with Crippen LogP contribution in [-0.2, 0) is 0 Å². The summed E-state index contributed by atoms with van der Waals surface area (Å²) in [7, 11) is 0. The summed E-state index contributed by atoms with van der Waals surface area (Å²) in [6.45, 7) is 3.79. The zero-order chi connectivity index (χ0) is 4.57. The van der Waals surface area contributed by atoms with Gasteiger partial charge in [0.25, 0.3) is 0 Å². The molecule has 1 aliphatic carbocycles. The lowest BCUT2D eigenvalue weighted by molar-refractivity contribution is 1.05. The molecule has 0 amide bonds. The molecule has 34 valence electrons. The molecule has 1 saturated carbocycles. The van der Waals surface area contributed by atoms with Crippen LogP contribution in [0.25, 0.3) is 0 Å². The predicted octanol–water partition coefficient (Wildman–Crippen LogP) is 1.96. The van der Waals surface area contributed by atoms with Crippen LogP contribution >= 0.6 is 15.9 Å². The van der Waals surface area contributed by atoms with E-state index in [1.807, 2.05) is 0 Å². The van der Waals surface area contributed by atoms with Gasteiger partial charge in [-0.2, -0.15) is 0 Å². The smallest absolute Gasteiger partial charge is 0.00999 e. The predicted molar refractivity (Wildman–Crippen MR) is 31.0 cm³/mol. The Labute approximate surface area is 46.4 Å². The third-order valence-corrected chi connectivity index (χ3v) is 1.89. The van der Waals surface area contributed by atoms with E-state index >= 15 is 0 Å². The number of hydrogen-bond donors (Lipinski definition) is 0. The number of hydrogen-bond acceptors (Lipinski definition) is 0. The van der Waals surface area contributed by atoms with Crippen LogP contribution in [-0.4, -0.2) is 5.33 Å². The van der Waals surface area contributed by atoms with Crippen molar-refractivity contribution in [2.24, 2.45) is 5.92 Å². The van der Waals surface area contributed by atoms with Crippen LogP contribution in [0.5, 0.6) is 0 Å². The average molecular weight is 147 g/mol. The van der Waals surface area contributed by atoms with Crippen LogP contribution in [0.3, 0.4) is 0 Å². The maximum atomic E-state index is 3.79. The second kappa shape index (κ2) is 1.38. The molecule has 1 rings (SSSR count). The number of rotatable bonds is 1. The molecular formula is C5H7Br. The van der Waals surface area contributed by atoms with Gasteiger partial charge in [-0.1, -0.05) is 28.1 Å². The Kier molecular flexibility index (Phi) is 1.00. The molecule has 0 aromatic heterocycles. The fourth-order valence-electron chi connectivity index (χ4n) is 0.421. The molecule has 0 bridgehead atoms. The van der Waals surface area contributed by atoms with Crippen molar-refractivity contribution in [3.8, 4) is 0 Å². The van der Waals surface area contributed by atoms with Gasteiger partial charge in [0.2, 0.25) is 0 Å². The minimum Gasteiger partial charge on any atom is -0.0995 e. The largest absolute Gasteiger partial charge is 0.0995 e. The van der Waals surface area contributed by atoms with Gasteiger partial charge in [0.1, 0.15) is 0 Å². The van der Waals surface area contributed by atoms with Gasteiger partial charge in [0, 0.05) is 5.33 Å². The van der Waals surface area contributed by atoms with Gasteiger partial charge in [0.15, 0.2) is 0 Å². The van der Waals surface area contributed by atoms with Crippen LogP contribution in [0.4, 0.5) is 0 Å². The monoisotopic (exact) mass is 146 g/mol. The van der Waals surface area contributed by atoms with Gasteiger partial charge in [-0.3, -0.25) is 0 Å². The van der Waals surface area contributed by atoms with E-state index in [0.717, 1.165) is 11.2 Å². The van der Waals surface area contributed by atoms with Crippen molar-refractivity contribution in [2.45, 2.75) is 6.42 Å². The first-order valence-electron chi connectivity index (χ1n) is 2.08. The summed E-state index contributed by atoms with van der Waals surface area (Å²) in [5.74, 6) is 0.824. The molecule has 6 heavy (non-hydrogen) atoms. The minimum absolute atomic E-state index is 0.824. The van der Waals surface area contributed by atoms with E-state index in [-0.39, 0.29) is 0 Å². The average Bonchev–Trinajstić information content (AvgIpc) is 2.19. The molecule has 1 aliphatic rings. The van der Waals surface area contributed by atoms with Crippen LogP contribution < -0.4 is 0 Å². The highest BCUT2D eigenvalue weighted by Crippen LogP contribution is 2.36. The normalized spacial score (nSPS) is 30.8. The van der Waals surface area contributed by atoms with Crippen molar-refractivity contribution >= 4 is 15.9 Å². The number of halogens is 1. The van der Waals surface area contributed by atoms with E-state index in [0.29, 0.717) is 0 Å². The Bertz CT molecular complexity index is 76.0. The van der Waals surface area contributed by atoms with Crippen LogP contribution in [0.15, 0.2) is 12.2 Å². The van der Waals surface area contributed by atoms with Crippen LogP contribution in [0.2, 0.25) is 0 Å². The van der Waals surface area contributed by atoms with Crippen molar-refractivity contribution in [3.05, 3.63) is 12.2 Å². The van der Waals surface area contributed by atoms with Crippen molar-refractivity contribution in [1.29, 1.82) is 0 Å². The highest BCUT2D eigenvalue weighted by molar-refractivity contribution is 9.09. The molecule has 0 spiro atoms. The summed E-state index contributed by atoms with van der Waals surface area (Å²) in [5.41, 5.74) is 1.41. The highest BCUT2D eigenvalue weighted by atomic mass is 79.9. The van der Waals surface area contributed by atoms with Gasteiger partial charge >= 0.3 is 0 Å². The molecule has 0 aromatic rings. The first-order valence-corrected chi connectivity index (χ1v) is 3.20. The zero-order valence-electron chi connectivity index (χ0n) is 3.58. The first kappa shape index (κ1) is 4.38. The second-order valence-corrected chi connectivity index (χ2v) is 2.36. The Morgan fingerprint density at radius 2 is 2.50 bits per heavy atom. The van der Waals surface area contributed by atoms with Gasteiger partial charge in [0.05, 0.1) is 0 Å². The molecule has 1 atom stereocenters. The Morgan fingerprint density at radius 3 is 2.50 bits per heavy atom. The molecule has 0 aliphatic heterocycles. The van der Waals surface area contributed by atoms with E-state index in [1.165, 1.54) is 12.0 Å². The summed E-state index contributed by atoms with van der Waals surface area (Å²) in [6, 6.07) is 0. The fraction of sp³-hybridized carbons (Fsp3) is 0.600. The van der Waals surface area contributed by atoms with E-state index in [9.17, 15) is 0 Å². The molecule has 0 N–H and O–H groups in total. The summed E-state index contributed by atoms with van der Waals surface area (Å²) in [5, 5.41) is 1.12. The van der Waals surface area contributed by atoms with Crippen molar-refractivity contribution in [3.63, 3.8) is 0 Å². The van der Waals surface area contributed by atoms with Gasteiger partial charge in [-0.15, -0.1) is 0 Å². The van der Waals surface area contributed by atoms with Gasteiger partial charge < -0.3 is 0 Å². The zero-order valence-corrected chi connectivity index (χ0v) is 5.16. The summed E-state index contributed by atoms with van der Waals surface area (Å²) >= 11 is 3.36. The molecule has 0 unspecified atom stereocenters. The molecule has 0 nitrogen and oxygen atoms in total. The van der Waals surface area contributed by atoms with E-state index in [2.05, 4.69) is 22.5 Å². The van der Waals surface area contributed by atoms with E-state index in [1.54, 1.807) is 0 Å². The second-order valence-electron chi connectivity index (χ2n) is 1.71. The lowest BCUT2D eigenvalue weighted by Crippen LogP contribution is -1.68. The Morgan fingerprint density at radius 1 is 2.00 bits per heavy atom. The van der Waals surface area contributed by atoms with Crippen molar-refractivity contribution < 1.29 is 0 Å². The van der Waals surface area contributed by atoms with Gasteiger partial charge in [-0.05, 0) is 12.3 Å². The van der Waals surface area contributed by atoms with Crippen molar-refractivity contribution in [1.82, 2.24) is 0 Å². The molecule has 0 aromatic carbocycles. The molecule has 1 fully saturated rings. The number of alkyl halides is 1. The van der Waals surface area contributed by atoms with E-state index in [4.69, 9.17) is 0 Å². The third kappa shape index (κ3) is 0.648. The molecule has 0 saturated heterocycles. The van der Waals surface area contributed by atoms with E-state index < -0.39 is 0 Å². The first-order chi connectivity index (χ1) is 2.84. The molecular weight excluding hydrogens is 140 g/mol. The molecule has 0 radical (unpaired) electrons. The third-order valence-electron chi connectivity index (χ3n) is 1.11. The topological polar surface area (TPSA) is 0 Å². The Balaban J connectivity index is 2.26. The maximum Gasteiger partial charge on any atom is 0.00999 e. The van der Waals surface area contributed by atoms with Crippen molar-refractivity contribution in [2.75, 3.05) is 5.33 Å². The van der Waals surface area contributed by atoms with Crippen LogP contribution in [0, 0.1) is 5.92 Å².